The van der Waals surface area contributed by atoms with Crippen molar-refractivity contribution < 1.29 is 14.2 Å². The summed E-state index contributed by atoms with van der Waals surface area (Å²) in [6.07, 6.45) is 0. The highest BCUT2D eigenvalue weighted by Crippen LogP contribution is 2.19. The van der Waals surface area contributed by atoms with Gasteiger partial charge in [0.2, 0.25) is 0 Å². The molecular weight excluding hydrogens is 314 g/mol. The maximum absolute atomic E-state index is 5.63. The second-order valence-corrected chi connectivity index (χ2v) is 6.81. The second kappa shape index (κ2) is 8.88. The van der Waals surface area contributed by atoms with Gasteiger partial charge in [-0.25, -0.2) is 0 Å². The first kappa shape index (κ1) is 19.3. The van der Waals surface area contributed by atoms with Gasteiger partial charge in [0.25, 0.3) is 0 Å². The summed E-state index contributed by atoms with van der Waals surface area (Å²) in [6.45, 7) is 6.76. The zero-order valence-electron chi connectivity index (χ0n) is 15.9. The fraction of sp³-hybridized carbons (Fsp3) is 0.429. The lowest BCUT2D eigenvalue weighted by Crippen LogP contribution is -2.39. The Bertz CT molecular complexity index is 586. The molecule has 0 aliphatic rings. The third-order valence-electron chi connectivity index (χ3n) is 4.29. The van der Waals surface area contributed by atoms with Crippen molar-refractivity contribution >= 4 is 0 Å². The SMILES string of the molecule is COc1ccc(CN(Cc2ccc(OC)cc2)CC(C)(C)OC)cc1. The first-order chi connectivity index (χ1) is 12.0. The molecule has 0 unspecified atom stereocenters. The van der Waals surface area contributed by atoms with Gasteiger partial charge in [-0.15, -0.1) is 0 Å². The van der Waals surface area contributed by atoms with Crippen LogP contribution >= 0.6 is 0 Å². The average molecular weight is 343 g/mol. The molecule has 0 saturated carbocycles. The predicted octanol–water partition coefficient (Wildman–Crippen LogP) is 4.13. The fourth-order valence-corrected chi connectivity index (χ4v) is 2.75. The molecule has 4 nitrogen and oxygen atoms in total. The molecule has 136 valence electrons. The molecule has 0 heterocycles. The van der Waals surface area contributed by atoms with Crippen molar-refractivity contribution in [2.75, 3.05) is 27.9 Å². The lowest BCUT2D eigenvalue weighted by Gasteiger charge is -2.32. The number of benzene rings is 2. The van der Waals surface area contributed by atoms with Crippen LogP contribution in [-0.2, 0) is 17.8 Å². The van der Waals surface area contributed by atoms with Crippen LogP contribution in [0.5, 0.6) is 11.5 Å². The summed E-state index contributed by atoms with van der Waals surface area (Å²) in [5, 5.41) is 0. The molecule has 25 heavy (non-hydrogen) atoms. The maximum atomic E-state index is 5.63. The highest BCUT2D eigenvalue weighted by Gasteiger charge is 2.21. The van der Waals surface area contributed by atoms with E-state index in [1.165, 1.54) is 11.1 Å². The van der Waals surface area contributed by atoms with Gasteiger partial charge in [0.1, 0.15) is 11.5 Å². The van der Waals surface area contributed by atoms with Crippen LogP contribution in [0.25, 0.3) is 0 Å². The van der Waals surface area contributed by atoms with E-state index < -0.39 is 0 Å². The Kier molecular flexibility index (Phi) is 6.85. The molecule has 2 aromatic rings. The molecule has 0 amide bonds. The zero-order chi connectivity index (χ0) is 18.3. The summed E-state index contributed by atoms with van der Waals surface area (Å²) < 4.78 is 16.1. The van der Waals surface area contributed by atoms with Crippen LogP contribution in [0.2, 0.25) is 0 Å². The molecule has 0 spiro atoms. The lowest BCUT2D eigenvalue weighted by molar-refractivity contribution is -0.0115. The smallest absolute Gasteiger partial charge is 0.118 e. The summed E-state index contributed by atoms with van der Waals surface area (Å²) >= 11 is 0. The topological polar surface area (TPSA) is 30.9 Å². The fourth-order valence-electron chi connectivity index (χ4n) is 2.75. The van der Waals surface area contributed by atoms with E-state index in [4.69, 9.17) is 14.2 Å². The number of methoxy groups -OCH3 is 3. The zero-order valence-corrected chi connectivity index (χ0v) is 15.9. The van der Waals surface area contributed by atoms with Crippen LogP contribution < -0.4 is 9.47 Å². The highest BCUT2D eigenvalue weighted by atomic mass is 16.5. The first-order valence-corrected chi connectivity index (χ1v) is 8.49. The van der Waals surface area contributed by atoms with Crippen molar-refractivity contribution in [2.45, 2.75) is 32.5 Å². The van der Waals surface area contributed by atoms with Crippen LogP contribution in [0, 0.1) is 0 Å². The molecule has 0 fully saturated rings. The van der Waals surface area contributed by atoms with Crippen molar-refractivity contribution in [3.63, 3.8) is 0 Å². The quantitative estimate of drug-likeness (QED) is 0.685. The van der Waals surface area contributed by atoms with Crippen molar-refractivity contribution in [3.8, 4) is 11.5 Å². The lowest BCUT2D eigenvalue weighted by atomic mass is 10.1. The van der Waals surface area contributed by atoms with Gasteiger partial charge in [-0.05, 0) is 49.2 Å². The average Bonchev–Trinajstić information content (AvgIpc) is 2.62. The Labute approximate surface area is 151 Å². The molecule has 4 heteroatoms. The van der Waals surface area contributed by atoms with Gasteiger partial charge in [-0.2, -0.15) is 0 Å². The number of ether oxygens (including phenoxy) is 3. The van der Waals surface area contributed by atoms with E-state index in [-0.39, 0.29) is 5.60 Å². The van der Waals surface area contributed by atoms with Gasteiger partial charge in [-0.3, -0.25) is 4.90 Å². The minimum absolute atomic E-state index is 0.209. The first-order valence-electron chi connectivity index (χ1n) is 8.49. The number of rotatable bonds is 9. The molecule has 0 aliphatic heterocycles. The van der Waals surface area contributed by atoms with Crippen LogP contribution in [0.1, 0.15) is 25.0 Å². The monoisotopic (exact) mass is 343 g/mol. The van der Waals surface area contributed by atoms with Crippen molar-refractivity contribution in [1.82, 2.24) is 4.90 Å². The summed E-state index contributed by atoms with van der Waals surface area (Å²) in [7, 11) is 5.14. The second-order valence-electron chi connectivity index (χ2n) is 6.81. The Balaban J connectivity index is 2.13. The van der Waals surface area contributed by atoms with E-state index in [9.17, 15) is 0 Å². The van der Waals surface area contributed by atoms with Gasteiger partial charge >= 0.3 is 0 Å². The van der Waals surface area contributed by atoms with Crippen molar-refractivity contribution in [1.29, 1.82) is 0 Å². The van der Waals surface area contributed by atoms with Crippen LogP contribution in [0.4, 0.5) is 0 Å². The summed E-state index contributed by atoms with van der Waals surface area (Å²) in [5.41, 5.74) is 2.29. The largest absolute Gasteiger partial charge is 0.497 e. The van der Waals surface area contributed by atoms with Crippen molar-refractivity contribution in [3.05, 3.63) is 59.7 Å². The van der Waals surface area contributed by atoms with Crippen molar-refractivity contribution in [2.24, 2.45) is 0 Å². The van der Waals surface area contributed by atoms with E-state index in [0.29, 0.717) is 0 Å². The number of nitrogens with zero attached hydrogens (tertiary/aromatic N) is 1. The standard InChI is InChI=1S/C21H29NO3/c1-21(2,25-5)16-22(14-17-6-10-19(23-3)11-7-17)15-18-8-12-20(24-4)13-9-18/h6-13H,14-16H2,1-5H3. The normalized spacial score (nSPS) is 11.6. The Morgan fingerprint density at radius 3 is 1.44 bits per heavy atom. The number of hydrogen-bond acceptors (Lipinski definition) is 4. The molecule has 2 rings (SSSR count). The Morgan fingerprint density at radius 1 is 0.720 bits per heavy atom. The van der Waals surface area contributed by atoms with Crippen LogP contribution in [0.3, 0.4) is 0 Å². The van der Waals surface area contributed by atoms with Crippen LogP contribution in [0.15, 0.2) is 48.5 Å². The van der Waals surface area contributed by atoms with Crippen LogP contribution in [-0.4, -0.2) is 38.4 Å². The molecule has 0 aliphatic carbocycles. The van der Waals surface area contributed by atoms with Gasteiger partial charge in [-0.1, -0.05) is 24.3 Å². The predicted molar refractivity (Wildman–Crippen MR) is 101 cm³/mol. The minimum Gasteiger partial charge on any atom is -0.497 e. The van der Waals surface area contributed by atoms with Gasteiger partial charge in [0, 0.05) is 26.7 Å². The van der Waals surface area contributed by atoms with Gasteiger partial charge < -0.3 is 14.2 Å². The van der Waals surface area contributed by atoms with E-state index in [2.05, 4.69) is 43.0 Å². The Morgan fingerprint density at radius 2 is 1.12 bits per heavy atom. The molecule has 0 N–H and O–H groups in total. The van der Waals surface area contributed by atoms with E-state index >= 15 is 0 Å². The van der Waals surface area contributed by atoms with Gasteiger partial charge in [0.05, 0.1) is 19.8 Å². The molecular formula is C21H29NO3. The summed E-state index contributed by atoms with van der Waals surface area (Å²) in [5.74, 6) is 1.75. The number of hydrogen-bond donors (Lipinski definition) is 0. The highest BCUT2D eigenvalue weighted by molar-refractivity contribution is 5.28. The molecule has 2 aromatic carbocycles. The molecule has 0 radical (unpaired) electrons. The molecule has 0 bridgehead atoms. The third kappa shape index (κ3) is 6.07. The Hall–Kier alpha value is -2.04. The molecule has 0 saturated heterocycles. The van der Waals surface area contributed by atoms with E-state index in [0.717, 1.165) is 31.1 Å². The third-order valence-corrected chi connectivity index (χ3v) is 4.29. The summed E-state index contributed by atoms with van der Waals surface area (Å²) in [4.78, 5) is 2.40. The summed E-state index contributed by atoms with van der Waals surface area (Å²) in [6, 6.07) is 16.5. The van der Waals surface area contributed by atoms with E-state index in [1.54, 1.807) is 21.3 Å². The maximum Gasteiger partial charge on any atom is 0.118 e. The van der Waals surface area contributed by atoms with Gasteiger partial charge in [0.15, 0.2) is 0 Å². The van der Waals surface area contributed by atoms with E-state index in [1.807, 2.05) is 24.3 Å². The molecule has 0 aromatic heterocycles. The molecule has 0 atom stereocenters. The minimum atomic E-state index is -0.209.